The number of thioether (sulfide) groups is 1. The average Bonchev–Trinajstić information content (AvgIpc) is 2.95. The van der Waals surface area contributed by atoms with E-state index in [0.29, 0.717) is 5.16 Å². The first kappa shape index (κ1) is 11.5. The Kier molecular flexibility index (Phi) is 2.95. The number of H-pyrrole nitrogens is 1. The number of hydrogen-bond donors (Lipinski definition) is 1. The second kappa shape index (κ2) is 4.61. The third-order valence-electron chi connectivity index (χ3n) is 3.19. The van der Waals surface area contributed by atoms with E-state index in [9.17, 15) is 4.79 Å². The molecular weight excluding hydrogens is 248 g/mol. The first-order chi connectivity index (χ1) is 8.74. The van der Waals surface area contributed by atoms with E-state index in [4.69, 9.17) is 0 Å². The number of aromatic nitrogens is 4. The molecule has 0 aliphatic heterocycles. The molecule has 18 heavy (non-hydrogen) atoms. The van der Waals surface area contributed by atoms with Crippen LogP contribution >= 0.6 is 11.8 Å². The van der Waals surface area contributed by atoms with Gasteiger partial charge in [-0.1, -0.05) is 11.8 Å². The van der Waals surface area contributed by atoms with Gasteiger partial charge in [0.2, 0.25) is 0 Å². The predicted molar refractivity (Wildman–Crippen MR) is 69.7 cm³/mol. The molecule has 94 valence electrons. The van der Waals surface area contributed by atoms with Crippen molar-refractivity contribution in [1.82, 2.24) is 19.5 Å². The number of nitrogens with zero attached hydrogens (tertiary/aromatic N) is 3. The van der Waals surface area contributed by atoms with E-state index >= 15 is 0 Å². The van der Waals surface area contributed by atoms with E-state index in [0.717, 1.165) is 42.0 Å². The maximum Gasteiger partial charge on any atom is 0.254 e. The van der Waals surface area contributed by atoms with Crippen molar-refractivity contribution in [3.05, 3.63) is 39.8 Å². The molecule has 2 aromatic rings. The van der Waals surface area contributed by atoms with Gasteiger partial charge in [0.15, 0.2) is 5.16 Å². The zero-order valence-electron chi connectivity index (χ0n) is 10.1. The third kappa shape index (κ3) is 2.08. The zero-order chi connectivity index (χ0) is 12.5. The maximum absolute atomic E-state index is 11.8. The highest BCUT2D eigenvalue weighted by Gasteiger charge is 2.17. The van der Waals surface area contributed by atoms with E-state index in [1.165, 1.54) is 0 Å². The minimum Gasteiger partial charge on any atom is -0.337 e. The number of hydrogen-bond acceptors (Lipinski definition) is 4. The lowest BCUT2D eigenvalue weighted by molar-refractivity contribution is 0.855. The Morgan fingerprint density at radius 1 is 1.50 bits per heavy atom. The Bertz CT molecular complexity index is 631. The number of fused-ring (bicyclic) bond motifs is 1. The highest BCUT2D eigenvalue weighted by atomic mass is 32.2. The minimum absolute atomic E-state index is 0.0324. The Hall–Kier alpha value is -1.56. The van der Waals surface area contributed by atoms with Crippen LogP contribution in [0.3, 0.4) is 0 Å². The van der Waals surface area contributed by atoms with Crippen molar-refractivity contribution in [2.45, 2.75) is 30.2 Å². The summed E-state index contributed by atoms with van der Waals surface area (Å²) in [4.78, 5) is 23.3. The highest BCUT2D eigenvalue weighted by molar-refractivity contribution is 7.98. The molecule has 0 saturated heterocycles. The Labute approximate surface area is 109 Å². The van der Waals surface area contributed by atoms with Crippen LogP contribution in [0.25, 0.3) is 0 Å². The van der Waals surface area contributed by atoms with E-state index in [1.807, 2.05) is 17.8 Å². The molecule has 0 spiro atoms. The van der Waals surface area contributed by atoms with E-state index in [1.54, 1.807) is 18.1 Å². The van der Waals surface area contributed by atoms with Crippen LogP contribution in [0.15, 0.2) is 22.5 Å². The second-order valence-corrected chi connectivity index (χ2v) is 5.40. The van der Waals surface area contributed by atoms with Crippen molar-refractivity contribution in [2.75, 3.05) is 0 Å². The molecule has 0 atom stereocenters. The molecule has 1 N–H and O–H groups in total. The van der Waals surface area contributed by atoms with Crippen LogP contribution in [-0.4, -0.2) is 19.5 Å². The number of aromatic amines is 1. The van der Waals surface area contributed by atoms with Gasteiger partial charge in [0, 0.05) is 30.3 Å². The number of nitrogens with one attached hydrogen (secondary N) is 1. The molecule has 0 amide bonds. The van der Waals surface area contributed by atoms with Crippen LogP contribution in [0.1, 0.15) is 23.4 Å². The maximum atomic E-state index is 11.8. The lowest BCUT2D eigenvalue weighted by Gasteiger charge is -2.04. The molecule has 0 bridgehead atoms. The molecule has 3 rings (SSSR count). The molecule has 1 aliphatic rings. The van der Waals surface area contributed by atoms with Crippen molar-refractivity contribution >= 4 is 11.8 Å². The molecule has 2 heterocycles. The number of imidazole rings is 1. The summed E-state index contributed by atoms with van der Waals surface area (Å²) >= 11 is 1.54. The highest BCUT2D eigenvalue weighted by Crippen LogP contribution is 2.21. The van der Waals surface area contributed by atoms with Gasteiger partial charge in [0.1, 0.15) is 0 Å². The lowest BCUT2D eigenvalue weighted by atomic mass is 10.3. The van der Waals surface area contributed by atoms with Gasteiger partial charge in [0.05, 0.1) is 12.0 Å². The summed E-state index contributed by atoms with van der Waals surface area (Å²) in [5.41, 5.74) is 3.00. The molecule has 0 radical (unpaired) electrons. The van der Waals surface area contributed by atoms with E-state index < -0.39 is 0 Å². The van der Waals surface area contributed by atoms with Gasteiger partial charge in [-0.15, -0.1) is 0 Å². The van der Waals surface area contributed by atoms with Crippen LogP contribution in [0.4, 0.5) is 0 Å². The minimum atomic E-state index is 0.0324. The molecular formula is C12H14N4OS. The van der Waals surface area contributed by atoms with Crippen molar-refractivity contribution in [1.29, 1.82) is 0 Å². The summed E-state index contributed by atoms with van der Waals surface area (Å²) in [5, 5.41) is 0.710. The molecule has 1 aliphatic carbocycles. The summed E-state index contributed by atoms with van der Waals surface area (Å²) in [6, 6.07) is 0. The van der Waals surface area contributed by atoms with Crippen molar-refractivity contribution < 1.29 is 0 Å². The monoisotopic (exact) mass is 262 g/mol. The fourth-order valence-electron chi connectivity index (χ4n) is 2.15. The van der Waals surface area contributed by atoms with Crippen LogP contribution in [0.2, 0.25) is 0 Å². The molecule has 0 unspecified atom stereocenters. The number of aryl methyl sites for hydroxylation is 2. The average molecular weight is 262 g/mol. The predicted octanol–water partition coefficient (Wildman–Crippen LogP) is 1.28. The van der Waals surface area contributed by atoms with Crippen molar-refractivity contribution in [2.24, 2.45) is 7.05 Å². The van der Waals surface area contributed by atoms with E-state index in [2.05, 4.69) is 15.0 Å². The van der Waals surface area contributed by atoms with Crippen molar-refractivity contribution in [3.8, 4) is 0 Å². The van der Waals surface area contributed by atoms with Gasteiger partial charge in [-0.2, -0.15) is 0 Å². The molecule has 6 heteroatoms. The largest absolute Gasteiger partial charge is 0.337 e. The Morgan fingerprint density at radius 2 is 2.39 bits per heavy atom. The van der Waals surface area contributed by atoms with Crippen LogP contribution in [0, 0.1) is 0 Å². The lowest BCUT2D eigenvalue weighted by Crippen LogP contribution is -2.15. The fourth-order valence-corrected chi connectivity index (χ4v) is 3.06. The fraction of sp³-hybridized carbons (Fsp3) is 0.417. The second-order valence-electron chi connectivity index (χ2n) is 4.43. The molecule has 5 nitrogen and oxygen atoms in total. The molecule has 0 saturated carbocycles. The van der Waals surface area contributed by atoms with Gasteiger partial charge in [-0.3, -0.25) is 4.79 Å². The summed E-state index contributed by atoms with van der Waals surface area (Å²) in [6.07, 6.45) is 6.44. The summed E-state index contributed by atoms with van der Waals surface area (Å²) in [7, 11) is 1.96. The standard InChI is InChI=1S/C12H14N4OS/c1-16-7-13-5-8(16)6-18-12-14-10-4-2-3-9(10)11(17)15-12/h5,7H,2-4,6H2,1H3,(H,14,15,17). The number of rotatable bonds is 3. The Balaban J connectivity index is 1.80. The van der Waals surface area contributed by atoms with Gasteiger partial charge in [-0.25, -0.2) is 9.97 Å². The zero-order valence-corrected chi connectivity index (χ0v) is 11.0. The smallest absolute Gasteiger partial charge is 0.254 e. The van der Waals surface area contributed by atoms with Gasteiger partial charge < -0.3 is 9.55 Å². The van der Waals surface area contributed by atoms with Crippen molar-refractivity contribution in [3.63, 3.8) is 0 Å². The summed E-state index contributed by atoms with van der Waals surface area (Å²) in [6.45, 7) is 0. The van der Waals surface area contributed by atoms with E-state index in [-0.39, 0.29) is 5.56 Å². The van der Waals surface area contributed by atoms with Gasteiger partial charge in [0.25, 0.3) is 5.56 Å². The SMILES string of the molecule is Cn1cncc1CSc1nc2c(c(=O)[nH]1)CCC2. The summed E-state index contributed by atoms with van der Waals surface area (Å²) in [5.74, 6) is 0.762. The summed E-state index contributed by atoms with van der Waals surface area (Å²) < 4.78 is 1.97. The van der Waals surface area contributed by atoms with Gasteiger partial charge in [-0.05, 0) is 19.3 Å². The van der Waals surface area contributed by atoms with Crippen LogP contribution < -0.4 is 5.56 Å². The first-order valence-corrected chi connectivity index (χ1v) is 6.92. The normalized spacial score (nSPS) is 13.8. The quantitative estimate of drug-likeness (QED) is 0.668. The molecule has 2 aromatic heterocycles. The Morgan fingerprint density at radius 3 is 3.17 bits per heavy atom. The third-order valence-corrected chi connectivity index (χ3v) is 4.10. The first-order valence-electron chi connectivity index (χ1n) is 5.94. The molecule has 0 aromatic carbocycles. The van der Waals surface area contributed by atoms with Crippen LogP contribution in [-0.2, 0) is 25.6 Å². The van der Waals surface area contributed by atoms with Gasteiger partial charge >= 0.3 is 0 Å². The van der Waals surface area contributed by atoms with Crippen LogP contribution in [0.5, 0.6) is 0 Å². The topological polar surface area (TPSA) is 63.6 Å². The molecule has 0 fully saturated rings.